The highest BCUT2D eigenvalue weighted by atomic mass is 16.5. The van der Waals surface area contributed by atoms with Crippen LogP contribution in [-0.2, 0) is 9.53 Å². The summed E-state index contributed by atoms with van der Waals surface area (Å²) in [6, 6.07) is 4.87. The van der Waals surface area contributed by atoms with Crippen molar-refractivity contribution in [2.75, 3.05) is 7.11 Å². The smallest absolute Gasteiger partial charge is 0.337 e. The van der Waals surface area contributed by atoms with Crippen molar-refractivity contribution in [3.8, 4) is 0 Å². The van der Waals surface area contributed by atoms with Gasteiger partial charge < -0.3 is 4.74 Å². The number of esters is 1. The van der Waals surface area contributed by atoms with Crippen LogP contribution < -0.4 is 10.6 Å². The Hall–Kier alpha value is -2.23. The normalized spacial score (nSPS) is 13.6. The Balaban J connectivity index is 2.65. The summed E-state index contributed by atoms with van der Waals surface area (Å²) in [4.78, 5) is 26.4. The van der Waals surface area contributed by atoms with E-state index in [1.807, 2.05) is 0 Å². The molecule has 1 aromatic rings. The summed E-state index contributed by atoms with van der Waals surface area (Å²) in [6.07, 6.45) is 1.64. The third kappa shape index (κ3) is 1.65. The highest BCUT2D eigenvalue weighted by molar-refractivity contribution is 6.02. The summed E-state index contributed by atoms with van der Waals surface area (Å²) < 4.78 is 4.58. The topological polar surface area (TPSA) is 55.7 Å². The van der Waals surface area contributed by atoms with Gasteiger partial charge in [-0.25, -0.2) is 9.79 Å². The van der Waals surface area contributed by atoms with Gasteiger partial charge in [-0.15, -0.1) is 0 Å². The molecule has 4 heteroatoms. The van der Waals surface area contributed by atoms with Gasteiger partial charge in [-0.1, -0.05) is 12.6 Å². The highest BCUT2D eigenvalue weighted by Crippen LogP contribution is 2.00. The number of rotatable bonds is 1. The van der Waals surface area contributed by atoms with E-state index in [-0.39, 0.29) is 5.91 Å². The number of carbonyl (C=O) groups excluding carboxylic acids is 2. The van der Waals surface area contributed by atoms with Crippen LogP contribution in [0.1, 0.15) is 10.4 Å². The Labute approximate surface area is 91.6 Å². The van der Waals surface area contributed by atoms with Gasteiger partial charge in [0.2, 0.25) is 0 Å². The molecule has 0 saturated heterocycles. The first-order valence-corrected chi connectivity index (χ1v) is 4.64. The fourth-order valence-corrected chi connectivity index (χ4v) is 1.44. The molecule has 0 fully saturated rings. The zero-order chi connectivity index (χ0) is 11.7. The zero-order valence-electron chi connectivity index (χ0n) is 8.69. The van der Waals surface area contributed by atoms with E-state index in [1.165, 1.54) is 13.2 Å². The Morgan fingerprint density at radius 1 is 1.44 bits per heavy atom. The van der Waals surface area contributed by atoms with Crippen molar-refractivity contribution < 1.29 is 14.3 Å². The summed E-state index contributed by atoms with van der Waals surface area (Å²) >= 11 is 0. The van der Waals surface area contributed by atoms with E-state index in [1.54, 1.807) is 18.2 Å². The molecule has 0 saturated carbocycles. The average molecular weight is 215 g/mol. The molecule has 0 unspecified atom stereocenters. The molecule has 0 N–H and O–H groups in total. The first-order chi connectivity index (χ1) is 7.61. The number of hydrogen-bond acceptors (Lipinski definition) is 3. The molecule has 1 aromatic carbocycles. The van der Waals surface area contributed by atoms with Crippen LogP contribution in [0.25, 0.3) is 6.08 Å². The molecular weight excluding hydrogens is 206 g/mol. The molecule has 0 bridgehead atoms. The van der Waals surface area contributed by atoms with Crippen molar-refractivity contribution in [1.29, 1.82) is 0 Å². The fraction of sp³-hybridized carbons (Fsp3) is 0.0833. The van der Waals surface area contributed by atoms with Crippen LogP contribution in [0, 0.1) is 0 Å². The molecule has 1 aliphatic rings. The number of nitrogens with zero attached hydrogens (tertiary/aromatic N) is 1. The van der Waals surface area contributed by atoms with Crippen molar-refractivity contribution in [2.45, 2.75) is 0 Å². The van der Waals surface area contributed by atoms with Gasteiger partial charge in [-0.3, -0.25) is 4.79 Å². The van der Waals surface area contributed by atoms with Gasteiger partial charge in [0.15, 0.2) is 0 Å². The second-order valence-electron chi connectivity index (χ2n) is 3.35. The van der Waals surface area contributed by atoms with Crippen LogP contribution in [0.15, 0.2) is 35.3 Å². The van der Waals surface area contributed by atoms with Crippen molar-refractivity contribution in [2.24, 2.45) is 4.99 Å². The van der Waals surface area contributed by atoms with Crippen LogP contribution in [0.2, 0.25) is 0 Å². The zero-order valence-corrected chi connectivity index (χ0v) is 8.69. The van der Waals surface area contributed by atoms with E-state index in [2.05, 4.69) is 16.3 Å². The monoisotopic (exact) mass is 215 g/mol. The number of ether oxygens (including phenoxy) is 1. The van der Waals surface area contributed by atoms with Gasteiger partial charge in [0.25, 0.3) is 5.91 Å². The largest absolute Gasteiger partial charge is 0.465 e. The van der Waals surface area contributed by atoms with Crippen LogP contribution in [0.4, 0.5) is 0 Å². The summed E-state index contributed by atoms with van der Waals surface area (Å²) in [6.45, 7) is 3.58. The third-order valence-corrected chi connectivity index (χ3v) is 2.28. The van der Waals surface area contributed by atoms with Crippen molar-refractivity contribution in [3.63, 3.8) is 0 Å². The first kappa shape index (κ1) is 10.3. The minimum absolute atomic E-state index is 0.346. The third-order valence-electron chi connectivity index (χ3n) is 2.28. The summed E-state index contributed by atoms with van der Waals surface area (Å²) in [5.41, 5.74) is 0.719. The Morgan fingerprint density at radius 3 is 2.88 bits per heavy atom. The van der Waals surface area contributed by atoms with Crippen molar-refractivity contribution in [3.05, 3.63) is 46.5 Å². The molecule has 1 heterocycles. The number of benzene rings is 1. The molecule has 0 atom stereocenters. The average Bonchev–Trinajstić information content (AvgIpc) is 2.29. The Kier molecular flexibility index (Phi) is 2.40. The van der Waals surface area contributed by atoms with E-state index in [0.29, 0.717) is 16.5 Å². The van der Waals surface area contributed by atoms with Gasteiger partial charge in [0.05, 0.1) is 18.0 Å². The van der Waals surface area contributed by atoms with Crippen LogP contribution in [0.3, 0.4) is 0 Å². The maximum Gasteiger partial charge on any atom is 0.337 e. The Bertz CT molecular complexity index is 614. The van der Waals surface area contributed by atoms with E-state index < -0.39 is 5.97 Å². The minimum Gasteiger partial charge on any atom is -0.465 e. The lowest BCUT2D eigenvalue weighted by molar-refractivity contribution is -0.114. The molecule has 1 amide bonds. The van der Waals surface area contributed by atoms with E-state index in [4.69, 9.17) is 0 Å². The van der Waals surface area contributed by atoms with Gasteiger partial charge in [-0.2, -0.15) is 0 Å². The van der Waals surface area contributed by atoms with Crippen molar-refractivity contribution >= 4 is 18.0 Å². The predicted molar refractivity (Wildman–Crippen MR) is 57.2 cm³/mol. The predicted octanol–water partition coefficient (Wildman–Crippen LogP) is -0.0303. The molecule has 2 rings (SSSR count). The molecule has 0 spiro atoms. The van der Waals surface area contributed by atoms with Gasteiger partial charge >= 0.3 is 5.97 Å². The fourth-order valence-electron chi connectivity index (χ4n) is 1.44. The number of hydrogen-bond donors (Lipinski definition) is 0. The molecule has 0 aliphatic carbocycles. The van der Waals surface area contributed by atoms with Crippen LogP contribution in [-0.4, -0.2) is 19.0 Å². The van der Waals surface area contributed by atoms with Crippen molar-refractivity contribution in [1.82, 2.24) is 0 Å². The highest BCUT2D eigenvalue weighted by Gasteiger charge is 2.10. The summed E-state index contributed by atoms with van der Waals surface area (Å²) in [5, 5.41) is 1.25. The number of amides is 1. The van der Waals surface area contributed by atoms with E-state index in [0.717, 1.165) is 5.22 Å². The first-order valence-electron chi connectivity index (χ1n) is 4.64. The molecule has 0 aromatic heterocycles. The molecule has 1 aliphatic heterocycles. The lowest BCUT2D eigenvalue weighted by Gasteiger charge is -2.03. The van der Waals surface area contributed by atoms with Gasteiger partial charge in [-0.05, 0) is 18.2 Å². The standard InChI is InChI=1S/C12H9NO3/c1-7-5-8-3-4-9(12(15)16-2)6-10(8)13-11(7)14/h3-6H,1H2,2H3. The summed E-state index contributed by atoms with van der Waals surface area (Å²) in [5.74, 6) is -0.829. The SMILES string of the molecule is C=C1C=c2ccc(C(=O)OC)cc2=NC1=O. The van der Waals surface area contributed by atoms with Crippen LogP contribution in [0.5, 0.6) is 0 Å². The maximum atomic E-state index is 11.3. The minimum atomic E-state index is -0.449. The number of carbonyl (C=O) groups is 2. The molecule has 4 nitrogen and oxygen atoms in total. The number of methoxy groups -OCH3 is 1. The molecule has 16 heavy (non-hydrogen) atoms. The molecule has 0 radical (unpaired) electrons. The lowest BCUT2D eigenvalue weighted by Crippen LogP contribution is -2.31. The second kappa shape index (κ2) is 3.73. The van der Waals surface area contributed by atoms with Gasteiger partial charge in [0, 0.05) is 10.8 Å². The summed E-state index contributed by atoms with van der Waals surface area (Å²) in [7, 11) is 1.30. The lowest BCUT2D eigenvalue weighted by atomic mass is 10.1. The Morgan fingerprint density at radius 2 is 2.19 bits per heavy atom. The quantitative estimate of drug-likeness (QED) is 0.488. The number of fused-ring (bicyclic) bond motifs is 1. The maximum absolute atomic E-state index is 11.3. The van der Waals surface area contributed by atoms with Gasteiger partial charge in [0.1, 0.15) is 0 Å². The molecule has 80 valence electrons. The van der Waals surface area contributed by atoms with E-state index in [9.17, 15) is 9.59 Å². The molecular formula is C12H9NO3. The van der Waals surface area contributed by atoms with Crippen LogP contribution >= 0.6 is 0 Å². The second-order valence-corrected chi connectivity index (χ2v) is 3.35. The van der Waals surface area contributed by atoms with E-state index >= 15 is 0 Å².